The minimum Gasteiger partial charge on any atom is -0.379 e. The number of nitro groups is 1. The predicted octanol–water partition coefficient (Wildman–Crippen LogP) is 2.95. The molecule has 1 aliphatic carbocycles. The van der Waals surface area contributed by atoms with E-state index in [1.807, 2.05) is 0 Å². The first kappa shape index (κ1) is 15.3. The van der Waals surface area contributed by atoms with Crippen LogP contribution in [0.3, 0.4) is 0 Å². The molecule has 0 aromatic heterocycles. The maximum Gasteiger partial charge on any atom is 0.292 e. The van der Waals surface area contributed by atoms with Crippen LogP contribution in [-0.4, -0.2) is 24.4 Å². The summed E-state index contributed by atoms with van der Waals surface area (Å²) in [7, 11) is 1.54. The van der Waals surface area contributed by atoms with E-state index in [-0.39, 0.29) is 11.6 Å². The van der Waals surface area contributed by atoms with Crippen molar-refractivity contribution in [3.05, 3.63) is 33.9 Å². The standard InChI is InChI=1S/C15H21N3O3/c1-16-15(19)12-6-7-14(18(20)21)13(10-12)17-9-8-11-4-2-3-5-11/h6-7,10-11,17H,2-5,8-9H2,1H3,(H,16,19). The summed E-state index contributed by atoms with van der Waals surface area (Å²) in [5.74, 6) is 0.474. The van der Waals surface area contributed by atoms with Crippen molar-refractivity contribution in [3.63, 3.8) is 0 Å². The number of anilines is 1. The Balaban J connectivity index is 2.06. The molecule has 0 radical (unpaired) electrons. The fourth-order valence-electron chi connectivity index (χ4n) is 2.83. The van der Waals surface area contributed by atoms with Gasteiger partial charge in [0.15, 0.2) is 0 Å². The normalized spacial score (nSPS) is 14.9. The fourth-order valence-corrected chi connectivity index (χ4v) is 2.83. The minimum absolute atomic E-state index is 0.00840. The average molecular weight is 291 g/mol. The van der Waals surface area contributed by atoms with E-state index in [1.54, 1.807) is 6.07 Å². The molecule has 6 heteroatoms. The summed E-state index contributed by atoms with van der Waals surface area (Å²) in [6.07, 6.45) is 6.10. The van der Waals surface area contributed by atoms with Gasteiger partial charge in [0.25, 0.3) is 11.6 Å². The van der Waals surface area contributed by atoms with Crippen LogP contribution in [0.4, 0.5) is 11.4 Å². The number of carbonyl (C=O) groups excluding carboxylic acids is 1. The molecule has 1 amide bonds. The number of rotatable bonds is 6. The van der Waals surface area contributed by atoms with Crippen molar-refractivity contribution >= 4 is 17.3 Å². The Morgan fingerprint density at radius 3 is 2.71 bits per heavy atom. The Kier molecular flexibility index (Phi) is 5.14. The molecule has 2 N–H and O–H groups in total. The average Bonchev–Trinajstić information content (AvgIpc) is 2.99. The molecule has 1 aromatic rings. The van der Waals surface area contributed by atoms with Crippen molar-refractivity contribution in [2.24, 2.45) is 5.92 Å². The van der Waals surface area contributed by atoms with Gasteiger partial charge in [-0.3, -0.25) is 14.9 Å². The molecule has 1 fully saturated rings. The Morgan fingerprint density at radius 1 is 1.38 bits per heavy atom. The molecular formula is C15H21N3O3. The van der Waals surface area contributed by atoms with E-state index in [2.05, 4.69) is 10.6 Å². The lowest BCUT2D eigenvalue weighted by molar-refractivity contribution is -0.384. The zero-order valence-electron chi connectivity index (χ0n) is 12.2. The molecule has 21 heavy (non-hydrogen) atoms. The summed E-state index contributed by atoms with van der Waals surface area (Å²) in [5.41, 5.74) is 0.847. The quantitative estimate of drug-likeness (QED) is 0.623. The van der Waals surface area contributed by atoms with Crippen molar-refractivity contribution in [3.8, 4) is 0 Å². The van der Waals surface area contributed by atoms with E-state index in [4.69, 9.17) is 0 Å². The molecule has 6 nitrogen and oxygen atoms in total. The van der Waals surface area contributed by atoms with Crippen molar-refractivity contribution in [1.29, 1.82) is 0 Å². The topological polar surface area (TPSA) is 84.3 Å². The van der Waals surface area contributed by atoms with Crippen LogP contribution in [0.2, 0.25) is 0 Å². The lowest BCUT2D eigenvalue weighted by Crippen LogP contribution is -2.18. The second-order valence-electron chi connectivity index (χ2n) is 5.43. The van der Waals surface area contributed by atoms with Crippen LogP contribution in [0, 0.1) is 16.0 Å². The molecule has 0 atom stereocenters. The van der Waals surface area contributed by atoms with E-state index in [1.165, 1.54) is 44.9 Å². The first-order valence-corrected chi connectivity index (χ1v) is 7.36. The minimum atomic E-state index is -0.425. The van der Waals surface area contributed by atoms with Crippen LogP contribution in [0.25, 0.3) is 0 Å². The van der Waals surface area contributed by atoms with Crippen molar-refractivity contribution in [2.45, 2.75) is 32.1 Å². The van der Waals surface area contributed by atoms with Crippen molar-refractivity contribution in [1.82, 2.24) is 5.32 Å². The fraction of sp³-hybridized carbons (Fsp3) is 0.533. The Hall–Kier alpha value is -2.11. The molecular weight excluding hydrogens is 270 g/mol. The number of hydrogen-bond acceptors (Lipinski definition) is 4. The summed E-state index contributed by atoms with van der Waals surface area (Å²) in [6, 6.07) is 4.40. The SMILES string of the molecule is CNC(=O)c1ccc([N+](=O)[O-])c(NCCC2CCCC2)c1. The van der Waals surface area contributed by atoms with Crippen LogP contribution in [0.5, 0.6) is 0 Å². The molecule has 114 valence electrons. The predicted molar refractivity (Wildman–Crippen MR) is 81.6 cm³/mol. The first-order chi connectivity index (χ1) is 10.1. The van der Waals surface area contributed by atoms with E-state index in [0.29, 0.717) is 17.8 Å². The van der Waals surface area contributed by atoms with Gasteiger partial charge in [-0.2, -0.15) is 0 Å². The van der Waals surface area contributed by atoms with Crippen LogP contribution >= 0.6 is 0 Å². The Bertz CT molecular complexity index is 525. The number of carbonyl (C=O) groups is 1. The van der Waals surface area contributed by atoms with Crippen LogP contribution < -0.4 is 10.6 Å². The highest BCUT2D eigenvalue weighted by Crippen LogP contribution is 2.29. The van der Waals surface area contributed by atoms with Crippen molar-refractivity contribution < 1.29 is 9.72 Å². The summed E-state index contributed by atoms with van der Waals surface area (Å²) in [4.78, 5) is 22.3. The molecule has 0 heterocycles. The highest BCUT2D eigenvalue weighted by Gasteiger charge is 2.18. The second kappa shape index (κ2) is 7.06. The van der Waals surface area contributed by atoms with Gasteiger partial charge in [-0.1, -0.05) is 25.7 Å². The molecule has 2 rings (SSSR count). The highest BCUT2D eigenvalue weighted by atomic mass is 16.6. The van der Waals surface area contributed by atoms with Gasteiger partial charge >= 0.3 is 0 Å². The summed E-state index contributed by atoms with van der Waals surface area (Å²) in [6.45, 7) is 0.697. The molecule has 1 aromatic carbocycles. The Morgan fingerprint density at radius 2 is 2.10 bits per heavy atom. The summed E-state index contributed by atoms with van der Waals surface area (Å²) >= 11 is 0. The molecule has 0 aliphatic heterocycles. The Labute approximate surface area is 124 Å². The zero-order chi connectivity index (χ0) is 15.2. The number of benzene rings is 1. The molecule has 0 unspecified atom stereocenters. The second-order valence-corrected chi connectivity index (χ2v) is 5.43. The lowest BCUT2D eigenvalue weighted by Gasteiger charge is -2.12. The first-order valence-electron chi connectivity index (χ1n) is 7.36. The molecule has 1 saturated carbocycles. The molecule has 1 aliphatic rings. The summed E-state index contributed by atoms with van der Waals surface area (Å²) in [5, 5.41) is 16.7. The number of nitrogens with zero attached hydrogens (tertiary/aromatic N) is 1. The van der Waals surface area contributed by atoms with Crippen LogP contribution in [0.15, 0.2) is 18.2 Å². The maximum absolute atomic E-state index is 11.6. The third-order valence-corrected chi connectivity index (χ3v) is 4.03. The smallest absolute Gasteiger partial charge is 0.292 e. The van der Waals surface area contributed by atoms with Crippen LogP contribution in [-0.2, 0) is 0 Å². The molecule has 0 spiro atoms. The molecule has 0 bridgehead atoms. The van der Waals surface area contributed by atoms with E-state index >= 15 is 0 Å². The number of hydrogen-bond donors (Lipinski definition) is 2. The lowest BCUT2D eigenvalue weighted by atomic mass is 10.0. The van der Waals surface area contributed by atoms with E-state index in [9.17, 15) is 14.9 Å². The third kappa shape index (κ3) is 3.93. The van der Waals surface area contributed by atoms with Crippen LogP contribution in [0.1, 0.15) is 42.5 Å². The highest BCUT2D eigenvalue weighted by molar-refractivity contribution is 5.95. The van der Waals surface area contributed by atoms with Gasteiger partial charge in [0.2, 0.25) is 0 Å². The number of amides is 1. The van der Waals surface area contributed by atoms with E-state index in [0.717, 1.165) is 12.3 Å². The van der Waals surface area contributed by atoms with Gasteiger partial charge in [0.05, 0.1) is 4.92 Å². The zero-order valence-corrected chi connectivity index (χ0v) is 12.2. The summed E-state index contributed by atoms with van der Waals surface area (Å²) < 4.78 is 0. The molecule has 0 saturated heterocycles. The number of nitrogens with one attached hydrogen (secondary N) is 2. The van der Waals surface area contributed by atoms with E-state index < -0.39 is 4.92 Å². The van der Waals surface area contributed by atoms with Gasteiger partial charge in [-0.25, -0.2) is 0 Å². The largest absolute Gasteiger partial charge is 0.379 e. The third-order valence-electron chi connectivity index (χ3n) is 4.03. The maximum atomic E-state index is 11.6. The number of nitro benzene ring substituents is 1. The van der Waals surface area contributed by atoms with Gasteiger partial charge in [-0.15, -0.1) is 0 Å². The van der Waals surface area contributed by atoms with Gasteiger partial charge < -0.3 is 10.6 Å². The van der Waals surface area contributed by atoms with Gasteiger partial charge in [0, 0.05) is 25.2 Å². The monoisotopic (exact) mass is 291 g/mol. The van der Waals surface area contributed by atoms with Crippen molar-refractivity contribution in [2.75, 3.05) is 18.9 Å². The van der Waals surface area contributed by atoms with Gasteiger partial charge in [-0.05, 0) is 24.5 Å². The van der Waals surface area contributed by atoms with Gasteiger partial charge in [0.1, 0.15) is 5.69 Å².